The van der Waals surface area contributed by atoms with Gasteiger partial charge in [-0.25, -0.2) is 0 Å². The van der Waals surface area contributed by atoms with E-state index in [-0.39, 0.29) is 0 Å². The Bertz CT molecular complexity index is 1040. The van der Waals surface area contributed by atoms with E-state index >= 15 is 0 Å². The van der Waals surface area contributed by atoms with Gasteiger partial charge in [-0.1, -0.05) is 58.9 Å². The third-order valence-corrected chi connectivity index (χ3v) is 11.8. The van der Waals surface area contributed by atoms with Crippen LogP contribution in [0.5, 0.6) is 0 Å². The number of allylic oxidation sites excluding steroid dienone is 8. The van der Waals surface area contributed by atoms with E-state index in [0.29, 0.717) is 11.8 Å². The Balaban J connectivity index is 1.61. The summed E-state index contributed by atoms with van der Waals surface area (Å²) in [5.74, 6) is 3.17. The molecule has 2 nitrogen and oxygen atoms in total. The zero-order valence-corrected chi connectivity index (χ0v) is 21.3. The summed E-state index contributed by atoms with van der Waals surface area (Å²) in [4.78, 5) is 0. The molecule has 0 N–H and O–H groups in total. The summed E-state index contributed by atoms with van der Waals surface area (Å²) < 4.78 is 11.9. The Labute approximate surface area is 188 Å². The number of hydrogen-bond acceptors (Lipinski definition) is 2. The lowest BCUT2D eigenvalue weighted by Gasteiger charge is -2.35. The molecule has 2 aromatic heterocycles. The second-order valence-electron chi connectivity index (χ2n) is 10.1. The quantitative estimate of drug-likeness (QED) is 0.437. The molecule has 0 bridgehead atoms. The highest BCUT2D eigenvalue weighted by Crippen LogP contribution is 2.45. The van der Waals surface area contributed by atoms with Crippen LogP contribution in [0.1, 0.15) is 47.6 Å². The Morgan fingerprint density at radius 1 is 0.645 bits per heavy atom. The van der Waals surface area contributed by atoms with Gasteiger partial charge in [-0.2, -0.15) is 0 Å². The van der Waals surface area contributed by atoms with Gasteiger partial charge in [0.1, 0.15) is 19.6 Å². The van der Waals surface area contributed by atoms with Crippen LogP contribution in [0.2, 0.25) is 13.1 Å². The summed E-state index contributed by atoms with van der Waals surface area (Å²) in [5, 5.41) is 3.26. The van der Waals surface area contributed by atoms with Gasteiger partial charge >= 0.3 is 0 Å². The van der Waals surface area contributed by atoms with Crippen LogP contribution in [0.4, 0.5) is 0 Å². The Morgan fingerprint density at radius 2 is 1.03 bits per heavy atom. The molecule has 2 atom stereocenters. The van der Waals surface area contributed by atoms with Crippen LogP contribution in [0.15, 0.2) is 67.2 Å². The van der Waals surface area contributed by atoms with E-state index in [4.69, 9.17) is 8.83 Å². The van der Waals surface area contributed by atoms with E-state index in [1.54, 1.807) is 10.4 Å². The molecule has 4 rings (SSSR count). The predicted octanol–water partition coefficient (Wildman–Crippen LogP) is 7.68. The molecular formula is C28H36O2Si. The highest BCUT2D eigenvalue weighted by atomic mass is 28.3. The van der Waals surface area contributed by atoms with Crippen molar-refractivity contribution in [3.8, 4) is 0 Å². The highest BCUT2D eigenvalue weighted by molar-refractivity contribution is 6.91. The van der Waals surface area contributed by atoms with Gasteiger partial charge in [0.05, 0.1) is 12.5 Å². The van der Waals surface area contributed by atoms with Crippen LogP contribution < -0.4 is 0 Å². The first-order chi connectivity index (χ1) is 14.6. The van der Waals surface area contributed by atoms with Crippen LogP contribution >= 0.6 is 0 Å². The molecule has 0 saturated carbocycles. The fourth-order valence-corrected chi connectivity index (χ4v) is 9.01. The van der Waals surface area contributed by atoms with Crippen LogP contribution in [0.25, 0.3) is 0 Å². The lowest BCUT2D eigenvalue weighted by Crippen LogP contribution is -2.39. The first-order valence-electron chi connectivity index (χ1n) is 11.5. The van der Waals surface area contributed by atoms with E-state index < -0.39 is 8.07 Å². The van der Waals surface area contributed by atoms with Gasteiger partial charge < -0.3 is 8.83 Å². The first kappa shape index (κ1) is 21.9. The molecule has 2 unspecified atom stereocenters. The van der Waals surface area contributed by atoms with E-state index in [2.05, 4.69) is 78.9 Å². The van der Waals surface area contributed by atoms with Crippen molar-refractivity contribution in [1.82, 2.24) is 0 Å². The zero-order valence-electron chi connectivity index (χ0n) is 20.3. The highest BCUT2D eigenvalue weighted by Gasteiger charge is 2.41. The van der Waals surface area contributed by atoms with Crippen molar-refractivity contribution in [2.45, 2.75) is 67.5 Å². The molecule has 0 radical (unpaired) electrons. The number of furan rings is 2. The summed E-state index contributed by atoms with van der Waals surface area (Å²) in [6, 6.07) is 0. The molecule has 2 heterocycles. The molecule has 3 heteroatoms. The molecule has 2 aliphatic rings. The molecule has 164 valence electrons. The molecule has 0 aromatic carbocycles. The van der Waals surface area contributed by atoms with Crippen molar-refractivity contribution in [3.05, 3.63) is 92.1 Å². The zero-order chi connectivity index (χ0) is 22.5. The van der Waals surface area contributed by atoms with Gasteiger partial charge in [-0.05, 0) is 63.8 Å². The maximum atomic E-state index is 5.95. The SMILES string of the molecule is CC1=CC=C([Si](C)(C)C2=CC=C(C)C2Cc2occ(C)c2C)C1Cc1occ(C)c1C. The smallest absolute Gasteiger partial charge is 0.107 e. The Morgan fingerprint density at radius 3 is 1.35 bits per heavy atom. The van der Waals surface area contributed by atoms with E-state index in [1.165, 1.54) is 33.4 Å². The van der Waals surface area contributed by atoms with E-state index in [1.807, 2.05) is 12.5 Å². The van der Waals surface area contributed by atoms with Crippen molar-refractivity contribution in [2.24, 2.45) is 11.8 Å². The third-order valence-electron chi connectivity index (χ3n) is 7.90. The minimum atomic E-state index is -1.84. The van der Waals surface area contributed by atoms with Crippen molar-refractivity contribution in [1.29, 1.82) is 0 Å². The number of rotatable bonds is 6. The molecule has 0 fully saturated rings. The van der Waals surface area contributed by atoms with Crippen LogP contribution in [-0.4, -0.2) is 8.07 Å². The minimum Gasteiger partial charge on any atom is -0.469 e. The van der Waals surface area contributed by atoms with Crippen molar-refractivity contribution >= 4 is 8.07 Å². The monoisotopic (exact) mass is 432 g/mol. The largest absolute Gasteiger partial charge is 0.469 e. The summed E-state index contributed by atoms with van der Waals surface area (Å²) in [7, 11) is -1.84. The average molecular weight is 433 g/mol. The van der Waals surface area contributed by atoms with Gasteiger partial charge in [0, 0.05) is 24.7 Å². The van der Waals surface area contributed by atoms with Gasteiger partial charge in [-0.15, -0.1) is 0 Å². The third kappa shape index (κ3) is 3.78. The Hall–Kier alpha value is -2.26. The summed E-state index contributed by atoms with van der Waals surface area (Å²) in [6.45, 7) is 18.3. The number of aryl methyl sites for hydroxylation is 2. The standard InChI is InChI=1S/C28H36O2Si/c1-17-9-11-27(23(17)13-25-21(5)19(3)15-29-25)31(7,8)28-12-10-18(2)24(28)14-26-22(6)20(4)16-30-26/h9-12,15-16,23-24H,13-14H2,1-8H3. The second kappa shape index (κ2) is 8.02. The first-order valence-corrected chi connectivity index (χ1v) is 14.5. The molecular weight excluding hydrogens is 396 g/mol. The topological polar surface area (TPSA) is 26.3 Å². The number of hydrogen-bond donors (Lipinski definition) is 0. The second-order valence-corrected chi connectivity index (χ2v) is 14.5. The van der Waals surface area contributed by atoms with Crippen LogP contribution in [0, 0.1) is 39.5 Å². The van der Waals surface area contributed by atoms with Gasteiger partial charge in [0.15, 0.2) is 0 Å². The minimum absolute atomic E-state index is 0.445. The van der Waals surface area contributed by atoms with Crippen LogP contribution in [-0.2, 0) is 12.8 Å². The predicted molar refractivity (Wildman–Crippen MR) is 132 cm³/mol. The fourth-order valence-electron chi connectivity index (χ4n) is 5.28. The molecule has 0 aliphatic heterocycles. The lowest BCUT2D eigenvalue weighted by atomic mass is 9.96. The van der Waals surface area contributed by atoms with Crippen LogP contribution in [0.3, 0.4) is 0 Å². The molecule has 31 heavy (non-hydrogen) atoms. The maximum absolute atomic E-state index is 5.95. The lowest BCUT2D eigenvalue weighted by molar-refractivity contribution is 0.484. The van der Waals surface area contributed by atoms with Crippen molar-refractivity contribution in [3.63, 3.8) is 0 Å². The van der Waals surface area contributed by atoms with E-state index in [0.717, 1.165) is 24.4 Å². The van der Waals surface area contributed by atoms with Gasteiger partial charge in [0.25, 0.3) is 0 Å². The summed E-state index contributed by atoms with van der Waals surface area (Å²) in [6.07, 6.45) is 15.3. The molecule has 2 aromatic rings. The fraction of sp³-hybridized carbons (Fsp3) is 0.429. The summed E-state index contributed by atoms with van der Waals surface area (Å²) >= 11 is 0. The normalized spacial score (nSPS) is 21.3. The molecule has 2 aliphatic carbocycles. The Kier molecular flexibility index (Phi) is 5.68. The van der Waals surface area contributed by atoms with E-state index in [9.17, 15) is 0 Å². The molecule has 0 amide bonds. The van der Waals surface area contributed by atoms with Gasteiger partial charge in [-0.3, -0.25) is 0 Å². The molecule has 0 spiro atoms. The maximum Gasteiger partial charge on any atom is 0.107 e. The van der Waals surface area contributed by atoms with Crippen molar-refractivity contribution in [2.75, 3.05) is 0 Å². The summed E-state index contributed by atoms with van der Waals surface area (Å²) in [5.41, 5.74) is 8.02. The van der Waals surface area contributed by atoms with Gasteiger partial charge in [0.2, 0.25) is 0 Å². The van der Waals surface area contributed by atoms with Crippen molar-refractivity contribution < 1.29 is 8.83 Å². The molecule has 0 saturated heterocycles. The average Bonchev–Trinajstić information content (AvgIpc) is 3.45.